The van der Waals surface area contributed by atoms with Gasteiger partial charge in [-0.25, -0.2) is 0 Å². The molecule has 0 aromatic carbocycles. The molecule has 2 fully saturated rings. The minimum atomic E-state index is -4.04. The fourth-order valence-corrected chi connectivity index (χ4v) is 3.15. The highest BCUT2D eigenvalue weighted by molar-refractivity contribution is 4.88. The molecule has 2 aliphatic rings. The Labute approximate surface area is 112 Å². The van der Waals surface area contributed by atoms with E-state index in [0.29, 0.717) is 26.2 Å². The van der Waals surface area contributed by atoms with Gasteiger partial charge in [0.25, 0.3) is 0 Å². The Kier molecular flexibility index (Phi) is 4.74. The third-order valence-electron chi connectivity index (χ3n) is 4.45. The molecule has 2 N–H and O–H groups in total. The van der Waals surface area contributed by atoms with Gasteiger partial charge in [0.2, 0.25) is 0 Å². The second kappa shape index (κ2) is 5.97. The molecule has 0 aromatic heterocycles. The Morgan fingerprint density at radius 2 is 1.95 bits per heavy atom. The molecule has 1 atom stereocenters. The first-order valence-corrected chi connectivity index (χ1v) is 7.02. The lowest BCUT2D eigenvalue weighted by Gasteiger charge is -2.42. The Morgan fingerprint density at radius 3 is 2.42 bits per heavy atom. The van der Waals surface area contributed by atoms with Crippen molar-refractivity contribution in [1.29, 1.82) is 0 Å². The maximum atomic E-state index is 12.6. The molecular weight excluding hydrogens is 257 g/mol. The maximum absolute atomic E-state index is 12.6. The molecule has 112 valence electrons. The van der Waals surface area contributed by atoms with E-state index in [1.807, 2.05) is 0 Å². The highest BCUT2D eigenvalue weighted by Crippen LogP contribution is 2.36. The van der Waals surface area contributed by atoms with Crippen LogP contribution in [-0.4, -0.2) is 50.5 Å². The van der Waals surface area contributed by atoms with Gasteiger partial charge in [0.05, 0.1) is 12.5 Å². The molecule has 0 radical (unpaired) electrons. The van der Waals surface area contributed by atoms with E-state index >= 15 is 0 Å². The van der Waals surface area contributed by atoms with Crippen molar-refractivity contribution in [1.82, 2.24) is 4.90 Å². The lowest BCUT2D eigenvalue weighted by Crippen LogP contribution is -2.50. The van der Waals surface area contributed by atoms with E-state index in [4.69, 9.17) is 10.5 Å². The second-order valence-electron chi connectivity index (χ2n) is 5.95. The lowest BCUT2D eigenvalue weighted by molar-refractivity contribution is -0.186. The molecule has 2 rings (SSSR count). The number of rotatable bonds is 3. The quantitative estimate of drug-likeness (QED) is 0.859. The van der Waals surface area contributed by atoms with Gasteiger partial charge in [0, 0.05) is 25.1 Å². The molecule has 6 heteroatoms. The van der Waals surface area contributed by atoms with Gasteiger partial charge < -0.3 is 15.4 Å². The average molecular weight is 280 g/mol. The topological polar surface area (TPSA) is 38.5 Å². The SMILES string of the molecule is NCC1(CN2CCC(C(F)(F)F)CC2)CCCOC1. The van der Waals surface area contributed by atoms with Gasteiger partial charge in [-0.3, -0.25) is 0 Å². The lowest BCUT2D eigenvalue weighted by atomic mass is 9.81. The number of alkyl halides is 3. The number of piperidine rings is 1. The normalized spacial score (nSPS) is 31.6. The van der Waals surface area contributed by atoms with Crippen LogP contribution in [0, 0.1) is 11.3 Å². The van der Waals surface area contributed by atoms with E-state index in [0.717, 1.165) is 26.0 Å². The third-order valence-corrected chi connectivity index (χ3v) is 4.45. The molecule has 0 bridgehead atoms. The predicted octanol–water partition coefficient (Wildman–Crippen LogP) is 2.02. The van der Waals surface area contributed by atoms with Gasteiger partial charge in [-0.15, -0.1) is 0 Å². The van der Waals surface area contributed by atoms with Gasteiger partial charge in [-0.2, -0.15) is 13.2 Å². The molecule has 3 nitrogen and oxygen atoms in total. The highest BCUT2D eigenvalue weighted by Gasteiger charge is 2.42. The number of halogens is 3. The number of hydrogen-bond donors (Lipinski definition) is 1. The van der Waals surface area contributed by atoms with Crippen LogP contribution in [0.5, 0.6) is 0 Å². The summed E-state index contributed by atoms with van der Waals surface area (Å²) in [6.07, 6.45) is -1.60. The van der Waals surface area contributed by atoms with Gasteiger partial charge >= 0.3 is 6.18 Å². The minimum Gasteiger partial charge on any atom is -0.381 e. The van der Waals surface area contributed by atoms with Crippen molar-refractivity contribution in [3.8, 4) is 0 Å². The Morgan fingerprint density at radius 1 is 1.26 bits per heavy atom. The molecule has 0 saturated carbocycles. The molecule has 2 saturated heterocycles. The second-order valence-corrected chi connectivity index (χ2v) is 5.95. The zero-order valence-corrected chi connectivity index (χ0v) is 11.2. The first kappa shape index (κ1) is 15.1. The molecular formula is C13H23F3N2O. The molecule has 2 aliphatic heterocycles. The van der Waals surface area contributed by atoms with Crippen LogP contribution in [0.1, 0.15) is 25.7 Å². The number of ether oxygens (including phenoxy) is 1. The number of likely N-dealkylation sites (tertiary alicyclic amines) is 1. The molecule has 0 aliphatic carbocycles. The Balaban J connectivity index is 1.84. The third kappa shape index (κ3) is 3.83. The molecule has 1 unspecified atom stereocenters. The van der Waals surface area contributed by atoms with Crippen LogP contribution in [0.25, 0.3) is 0 Å². The van der Waals surface area contributed by atoms with Crippen molar-refractivity contribution in [3.05, 3.63) is 0 Å². The van der Waals surface area contributed by atoms with Crippen LogP contribution in [0.2, 0.25) is 0 Å². The Hall–Kier alpha value is -0.330. The maximum Gasteiger partial charge on any atom is 0.391 e. The first-order valence-electron chi connectivity index (χ1n) is 7.02. The summed E-state index contributed by atoms with van der Waals surface area (Å²) in [5.74, 6) is -1.12. The van der Waals surface area contributed by atoms with E-state index in [1.165, 1.54) is 0 Å². The van der Waals surface area contributed by atoms with E-state index in [2.05, 4.69) is 4.90 Å². The molecule has 2 heterocycles. The standard InChI is InChI=1S/C13H23F3N2O/c14-13(15,16)11-2-5-18(6-3-11)9-12(8-17)4-1-7-19-10-12/h11H,1-10,17H2. The molecule has 0 amide bonds. The van der Waals surface area contributed by atoms with Crippen molar-refractivity contribution >= 4 is 0 Å². The molecule has 19 heavy (non-hydrogen) atoms. The van der Waals surface area contributed by atoms with E-state index in [1.54, 1.807) is 0 Å². The van der Waals surface area contributed by atoms with Gasteiger partial charge in [0.1, 0.15) is 0 Å². The minimum absolute atomic E-state index is 0.0523. The van der Waals surface area contributed by atoms with E-state index in [-0.39, 0.29) is 18.3 Å². The fourth-order valence-electron chi connectivity index (χ4n) is 3.15. The van der Waals surface area contributed by atoms with Crippen molar-refractivity contribution in [2.75, 3.05) is 39.4 Å². The van der Waals surface area contributed by atoms with Crippen molar-refractivity contribution in [3.63, 3.8) is 0 Å². The summed E-state index contributed by atoms with van der Waals surface area (Å²) in [6, 6.07) is 0. The summed E-state index contributed by atoms with van der Waals surface area (Å²) in [6.45, 7) is 3.78. The first-order chi connectivity index (χ1) is 8.95. The number of nitrogens with zero attached hydrogens (tertiary/aromatic N) is 1. The van der Waals surface area contributed by atoms with Gasteiger partial charge in [-0.1, -0.05) is 0 Å². The van der Waals surface area contributed by atoms with Crippen LogP contribution in [-0.2, 0) is 4.74 Å². The molecule has 0 aromatic rings. The monoisotopic (exact) mass is 280 g/mol. The number of hydrogen-bond acceptors (Lipinski definition) is 3. The van der Waals surface area contributed by atoms with Crippen molar-refractivity contribution in [2.45, 2.75) is 31.9 Å². The van der Waals surface area contributed by atoms with Gasteiger partial charge in [-0.05, 0) is 38.8 Å². The predicted molar refractivity (Wildman–Crippen MR) is 66.8 cm³/mol. The zero-order chi connectivity index (χ0) is 13.9. The highest BCUT2D eigenvalue weighted by atomic mass is 19.4. The summed E-state index contributed by atoms with van der Waals surface area (Å²) in [5.41, 5.74) is 5.81. The van der Waals surface area contributed by atoms with Crippen LogP contribution in [0.4, 0.5) is 13.2 Å². The summed E-state index contributed by atoms with van der Waals surface area (Å²) in [5, 5.41) is 0. The smallest absolute Gasteiger partial charge is 0.381 e. The summed E-state index contributed by atoms with van der Waals surface area (Å²) >= 11 is 0. The van der Waals surface area contributed by atoms with Crippen LogP contribution in [0.15, 0.2) is 0 Å². The summed E-state index contributed by atoms with van der Waals surface area (Å²) < 4.78 is 43.3. The van der Waals surface area contributed by atoms with Gasteiger partial charge in [0.15, 0.2) is 0 Å². The Bertz CT molecular complexity index is 282. The fraction of sp³-hybridized carbons (Fsp3) is 1.00. The summed E-state index contributed by atoms with van der Waals surface area (Å²) in [4.78, 5) is 2.13. The zero-order valence-electron chi connectivity index (χ0n) is 11.2. The van der Waals surface area contributed by atoms with Crippen molar-refractivity contribution in [2.24, 2.45) is 17.1 Å². The molecule has 0 spiro atoms. The van der Waals surface area contributed by atoms with Crippen LogP contribution in [0.3, 0.4) is 0 Å². The van der Waals surface area contributed by atoms with Crippen LogP contribution >= 0.6 is 0 Å². The average Bonchev–Trinajstić information content (AvgIpc) is 2.39. The largest absolute Gasteiger partial charge is 0.391 e. The van der Waals surface area contributed by atoms with Crippen molar-refractivity contribution < 1.29 is 17.9 Å². The van der Waals surface area contributed by atoms with E-state index < -0.39 is 12.1 Å². The van der Waals surface area contributed by atoms with Crippen LogP contribution < -0.4 is 5.73 Å². The van der Waals surface area contributed by atoms with E-state index in [9.17, 15) is 13.2 Å². The number of nitrogens with two attached hydrogens (primary N) is 1. The summed E-state index contributed by atoms with van der Waals surface area (Å²) in [7, 11) is 0.